The zero-order chi connectivity index (χ0) is 5.15. The second kappa shape index (κ2) is 2.33. The molecule has 0 amide bonds. The van der Waals surface area contributed by atoms with Crippen LogP contribution in [0.1, 0.15) is 0 Å². The van der Waals surface area contributed by atoms with E-state index in [4.69, 9.17) is 10.2 Å². The third-order valence-electron chi connectivity index (χ3n) is 0.596. The van der Waals surface area contributed by atoms with E-state index in [9.17, 15) is 0 Å². The van der Waals surface area contributed by atoms with E-state index in [1.165, 1.54) is 0 Å². The standard InChI is InChI=1S/C3H10O2Si/c1-6(2)3(4)5/h3-6H,1-2H3. The lowest BCUT2D eigenvalue weighted by Gasteiger charge is -2.01. The number of aliphatic hydroxyl groups is 2. The molecule has 0 bridgehead atoms. The van der Waals surface area contributed by atoms with E-state index >= 15 is 0 Å². The molecule has 0 aliphatic heterocycles. The molecule has 0 aliphatic rings. The average molecular weight is 106 g/mol. The van der Waals surface area contributed by atoms with Crippen molar-refractivity contribution in [2.24, 2.45) is 0 Å². The molecule has 0 saturated heterocycles. The van der Waals surface area contributed by atoms with E-state index < -0.39 is 14.7 Å². The molecule has 3 heteroatoms. The van der Waals surface area contributed by atoms with Crippen molar-refractivity contribution in [2.75, 3.05) is 0 Å². The van der Waals surface area contributed by atoms with Gasteiger partial charge in [0.25, 0.3) is 0 Å². The molecule has 0 saturated carbocycles. The van der Waals surface area contributed by atoms with E-state index in [1.54, 1.807) is 0 Å². The van der Waals surface area contributed by atoms with Crippen molar-refractivity contribution in [1.82, 2.24) is 0 Å². The Morgan fingerprint density at radius 3 is 1.50 bits per heavy atom. The second-order valence-corrected chi connectivity index (χ2v) is 4.74. The lowest BCUT2D eigenvalue weighted by molar-refractivity contribution is 0.0262. The minimum atomic E-state index is -1.13. The maximum atomic E-state index is 8.25. The van der Waals surface area contributed by atoms with Crippen molar-refractivity contribution in [3.05, 3.63) is 0 Å². The summed E-state index contributed by atoms with van der Waals surface area (Å²) in [4.78, 5) is 0. The fourth-order valence-corrected chi connectivity index (χ4v) is 0. The molecule has 0 aliphatic carbocycles. The molecular formula is C3H10O2Si. The Hall–Kier alpha value is 0.137. The molecule has 2 N–H and O–H groups in total. The summed E-state index contributed by atoms with van der Waals surface area (Å²) in [5.41, 5.74) is 0. The maximum absolute atomic E-state index is 8.25. The van der Waals surface area contributed by atoms with Crippen molar-refractivity contribution < 1.29 is 10.2 Å². The average Bonchev–Trinajstić information content (AvgIpc) is 1.36. The Morgan fingerprint density at radius 2 is 1.50 bits per heavy atom. The van der Waals surface area contributed by atoms with E-state index in [0.29, 0.717) is 0 Å². The lowest BCUT2D eigenvalue weighted by Crippen LogP contribution is -2.22. The molecule has 0 unspecified atom stereocenters. The van der Waals surface area contributed by atoms with Crippen LogP contribution in [0.4, 0.5) is 0 Å². The highest BCUT2D eigenvalue weighted by Crippen LogP contribution is 1.81. The molecule has 0 heterocycles. The van der Waals surface area contributed by atoms with Gasteiger partial charge in [0.05, 0.1) is 8.80 Å². The van der Waals surface area contributed by atoms with Crippen LogP contribution in [-0.4, -0.2) is 24.9 Å². The molecule has 0 radical (unpaired) electrons. The fraction of sp³-hybridized carbons (Fsp3) is 1.00. The van der Waals surface area contributed by atoms with Crippen LogP contribution in [-0.2, 0) is 0 Å². The number of hydrogen-bond acceptors (Lipinski definition) is 2. The van der Waals surface area contributed by atoms with Gasteiger partial charge in [-0.3, -0.25) is 0 Å². The van der Waals surface area contributed by atoms with Crippen molar-refractivity contribution in [2.45, 2.75) is 19.0 Å². The summed E-state index contributed by atoms with van der Waals surface area (Å²) in [6.45, 7) is 3.76. The highest BCUT2D eigenvalue weighted by Gasteiger charge is 2.02. The van der Waals surface area contributed by atoms with E-state index in [2.05, 4.69) is 0 Å². The van der Waals surface area contributed by atoms with E-state index in [0.717, 1.165) is 0 Å². The minimum Gasteiger partial charge on any atom is -0.372 e. The van der Waals surface area contributed by atoms with Crippen molar-refractivity contribution in [1.29, 1.82) is 0 Å². The van der Waals surface area contributed by atoms with Crippen LogP contribution in [0.5, 0.6) is 0 Å². The first-order chi connectivity index (χ1) is 2.64. The molecule has 0 fully saturated rings. The molecule has 6 heavy (non-hydrogen) atoms. The molecule has 0 rings (SSSR count). The summed E-state index contributed by atoms with van der Waals surface area (Å²) in [6, 6.07) is 0. The van der Waals surface area contributed by atoms with E-state index in [-0.39, 0.29) is 0 Å². The quantitative estimate of drug-likeness (QED) is 0.343. The highest BCUT2D eigenvalue weighted by molar-refractivity contribution is 6.56. The van der Waals surface area contributed by atoms with Gasteiger partial charge >= 0.3 is 0 Å². The summed E-state index contributed by atoms with van der Waals surface area (Å²) >= 11 is 0. The zero-order valence-corrected chi connectivity index (χ0v) is 5.20. The monoisotopic (exact) mass is 106 g/mol. The van der Waals surface area contributed by atoms with Crippen LogP contribution in [0, 0.1) is 0 Å². The van der Waals surface area contributed by atoms with Crippen LogP contribution < -0.4 is 0 Å². The van der Waals surface area contributed by atoms with Gasteiger partial charge in [0.15, 0.2) is 0 Å². The molecule has 2 nitrogen and oxygen atoms in total. The predicted octanol–water partition coefficient (Wildman–Crippen LogP) is -0.677. The van der Waals surface area contributed by atoms with Crippen molar-refractivity contribution in [3.63, 3.8) is 0 Å². The third kappa shape index (κ3) is 2.38. The molecule has 0 spiro atoms. The van der Waals surface area contributed by atoms with Gasteiger partial charge < -0.3 is 10.2 Å². The Kier molecular flexibility index (Phi) is 2.39. The van der Waals surface area contributed by atoms with Gasteiger partial charge in [-0.15, -0.1) is 0 Å². The Bertz CT molecular complexity index is 29.8. The summed E-state index contributed by atoms with van der Waals surface area (Å²) in [6.07, 6.45) is 0. The minimum absolute atomic E-state index is 1.01. The van der Waals surface area contributed by atoms with Gasteiger partial charge in [-0.1, -0.05) is 13.1 Å². The summed E-state index contributed by atoms with van der Waals surface area (Å²) in [7, 11) is -1.13. The molecule has 0 aromatic carbocycles. The maximum Gasteiger partial charge on any atom is 0.131 e. The molecule has 0 aromatic rings. The largest absolute Gasteiger partial charge is 0.372 e. The van der Waals surface area contributed by atoms with Crippen molar-refractivity contribution >= 4 is 8.80 Å². The van der Waals surface area contributed by atoms with Gasteiger partial charge in [-0.2, -0.15) is 0 Å². The number of rotatable bonds is 1. The van der Waals surface area contributed by atoms with Gasteiger partial charge in [-0.05, 0) is 0 Å². The molecule has 0 aromatic heterocycles. The van der Waals surface area contributed by atoms with Gasteiger partial charge in [-0.25, -0.2) is 0 Å². The number of hydrogen-bond donors (Lipinski definition) is 2. The first-order valence-electron chi connectivity index (χ1n) is 2.00. The third-order valence-corrected chi connectivity index (χ3v) is 1.79. The lowest BCUT2D eigenvalue weighted by atomic mass is 11.5. The van der Waals surface area contributed by atoms with Crippen molar-refractivity contribution in [3.8, 4) is 0 Å². The molecular weight excluding hydrogens is 96.1 g/mol. The summed E-state index contributed by atoms with van der Waals surface area (Å²) in [5.74, 6) is -1.01. The molecule has 0 atom stereocenters. The first kappa shape index (κ1) is 6.14. The Balaban J connectivity index is 2.99. The second-order valence-electron chi connectivity index (χ2n) is 1.66. The normalized spacial score (nSPS) is 11.0. The zero-order valence-electron chi connectivity index (χ0n) is 4.05. The van der Waals surface area contributed by atoms with Crippen LogP contribution >= 0.6 is 0 Å². The van der Waals surface area contributed by atoms with Crippen LogP contribution in [0.3, 0.4) is 0 Å². The SMILES string of the molecule is C[SiH](C)C(O)O. The van der Waals surface area contributed by atoms with Gasteiger partial charge in [0, 0.05) is 0 Å². The smallest absolute Gasteiger partial charge is 0.131 e. The summed E-state index contributed by atoms with van der Waals surface area (Å²) < 4.78 is 0. The fourth-order valence-electron chi connectivity index (χ4n) is 0. The number of aliphatic hydroxyl groups excluding tert-OH is 1. The predicted molar refractivity (Wildman–Crippen MR) is 27.1 cm³/mol. The topological polar surface area (TPSA) is 40.5 Å². The Morgan fingerprint density at radius 1 is 1.33 bits per heavy atom. The Labute approximate surface area is 39.0 Å². The van der Waals surface area contributed by atoms with E-state index in [1.807, 2.05) is 13.1 Å². The van der Waals surface area contributed by atoms with Crippen LogP contribution in [0.15, 0.2) is 0 Å². The van der Waals surface area contributed by atoms with Gasteiger partial charge in [0.2, 0.25) is 0 Å². The van der Waals surface area contributed by atoms with Gasteiger partial charge in [0.1, 0.15) is 5.91 Å². The highest BCUT2D eigenvalue weighted by atomic mass is 28.3. The molecule has 38 valence electrons. The van der Waals surface area contributed by atoms with Crippen LogP contribution in [0.25, 0.3) is 0 Å². The van der Waals surface area contributed by atoms with Crippen LogP contribution in [0.2, 0.25) is 13.1 Å². The summed E-state index contributed by atoms with van der Waals surface area (Å²) in [5, 5.41) is 16.5. The first-order valence-corrected chi connectivity index (χ1v) is 4.98.